The summed E-state index contributed by atoms with van der Waals surface area (Å²) < 4.78 is 11.1. The van der Waals surface area contributed by atoms with Crippen LogP contribution in [0.4, 0.5) is 5.69 Å². The fourth-order valence-electron chi connectivity index (χ4n) is 1.81. The van der Waals surface area contributed by atoms with E-state index in [0.29, 0.717) is 23.9 Å². The highest BCUT2D eigenvalue weighted by Crippen LogP contribution is 2.39. The highest BCUT2D eigenvalue weighted by atomic mass is 35.5. The Labute approximate surface area is 120 Å². The van der Waals surface area contributed by atoms with Gasteiger partial charge >= 0.3 is 0 Å². The Balaban J connectivity index is 1.89. The van der Waals surface area contributed by atoms with Gasteiger partial charge in [-0.05, 0) is 36.4 Å². The van der Waals surface area contributed by atoms with Crippen molar-refractivity contribution >= 4 is 29.1 Å². The van der Waals surface area contributed by atoms with Crippen LogP contribution in [-0.4, -0.2) is 13.2 Å². The maximum atomic E-state index is 5.98. The van der Waals surface area contributed by atoms with Crippen LogP contribution in [0.1, 0.15) is 0 Å². The van der Waals surface area contributed by atoms with Crippen LogP contribution in [0.5, 0.6) is 11.5 Å². The largest absolute Gasteiger partial charge is 0.486 e. The van der Waals surface area contributed by atoms with Crippen molar-refractivity contribution in [2.45, 2.75) is 9.79 Å². The number of hydrogen-bond donors (Lipinski definition) is 1. The van der Waals surface area contributed by atoms with Crippen molar-refractivity contribution in [2.24, 2.45) is 0 Å². The van der Waals surface area contributed by atoms with E-state index in [1.165, 1.54) is 0 Å². The fraction of sp³-hybridized carbons (Fsp3) is 0.143. The fourth-order valence-corrected chi connectivity index (χ4v) is 2.98. The van der Waals surface area contributed by atoms with Crippen molar-refractivity contribution < 1.29 is 9.47 Å². The molecule has 1 aliphatic rings. The summed E-state index contributed by atoms with van der Waals surface area (Å²) in [6, 6.07) is 11.3. The minimum atomic E-state index is 0.584. The van der Waals surface area contributed by atoms with E-state index >= 15 is 0 Å². The molecule has 3 rings (SSSR count). The average molecular weight is 294 g/mol. The number of rotatable bonds is 2. The minimum absolute atomic E-state index is 0.584. The minimum Gasteiger partial charge on any atom is -0.486 e. The number of nitrogen functional groups attached to an aromatic ring is 1. The molecule has 1 aliphatic heterocycles. The molecule has 5 heteroatoms. The van der Waals surface area contributed by atoms with E-state index in [9.17, 15) is 0 Å². The van der Waals surface area contributed by atoms with Gasteiger partial charge in [-0.3, -0.25) is 0 Å². The van der Waals surface area contributed by atoms with Crippen LogP contribution in [0.25, 0.3) is 0 Å². The lowest BCUT2D eigenvalue weighted by molar-refractivity contribution is 0.171. The maximum Gasteiger partial charge on any atom is 0.162 e. The predicted octanol–water partition coefficient (Wildman–Crippen LogP) is 3.84. The van der Waals surface area contributed by atoms with E-state index < -0.39 is 0 Å². The second-order valence-corrected chi connectivity index (χ2v) is 5.64. The lowest BCUT2D eigenvalue weighted by Crippen LogP contribution is -2.15. The zero-order valence-electron chi connectivity index (χ0n) is 10.1. The van der Waals surface area contributed by atoms with Crippen LogP contribution < -0.4 is 15.2 Å². The molecule has 2 aromatic rings. The molecule has 2 N–H and O–H groups in total. The molecule has 0 radical (unpaired) electrons. The van der Waals surface area contributed by atoms with Gasteiger partial charge in [0.25, 0.3) is 0 Å². The summed E-state index contributed by atoms with van der Waals surface area (Å²) in [5.74, 6) is 1.56. The Morgan fingerprint density at radius 3 is 2.63 bits per heavy atom. The number of nitrogens with two attached hydrogens (primary N) is 1. The van der Waals surface area contributed by atoms with Crippen LogP contribution in [0.2, 0.25) is 5.02 Å². The van der Waals surface area contributed by atoms with Crippen LogP contribution in [0.15, 0.2) is 46.2 Å². The van der Waals surface area contributed by atoms with Gasteiger partial charge in [-0.15, -0.1) is 0 Å². The number of benzene rings is 2. The normalized spacial score (nSPS) is 13.3. The monoisotopic (exact) mass is 293 g/mol. The summed E-state index contributed by atoms with van der Waals surface area (Å²) in [5.41, 5.74) is 6.65. The molecule has 2 aromatic carbocycles. The molecule has 0 saturated carbocycles. The predicted molar refractivity (Wildman–Crippen MR) is 77.4 cm³/mol. The Kier molecular flexibility index (Phi) is 3.44. The summed E-state index contributed by atoms with van der Waals surface area (Å²) in [7, 11) is 0. The molecule has 0 fully saturated rings. The van der Waals surface area contributed by atoms with E-state index in [-0.39, 0.29) is 0 Å². The first-order valence-corrected chi connectivity index (χ1v) is 7.04. The first-order valence-electron chi connectivity index (χ1n) is 5.85. The SMILES string of the molecule is Nc1ccc(Cl)cc1Sc1ccc2c(c1)OCCO2. The summed E-state index contributed by atoms with van der Waals surface area (Å²) >= 11 is 7.54. The van der Waals surface area contributed by atoms with Gasteiger partial charge in [0.1, 0.15) is 13.2 Å². The van der Waals surface area contributed by atoms with Crippen molar-refractivity contribution in [3.05, 3.63) is 41.4 Å². The van der Waals surface area contributed by atoms with Gasteiger partial charge < -0.3 is 15.2 Å². The lowest BCUT2D eigenvalue weighted by Gasteiger charge is -2.18. The molecule has 0 amide bonds. The van der Waals surface area contributed by atoms with Crippen molar-refractivity contribution in [1.82, 2.24) is 0 Å². The Morgan fingerprint density at radius 1 is 1.00 bits per heavy atom. The van der Waals surface area contributed by atoms with Crippen LogP contribution in [-0.2, 0) is 0 Å². The highest BCUT2D eigenvalue weighted by Gasteiger charge is 2.12. The second-order valence-electron chi connectivity index (χ2n) is 4.09. The van der Waals surface area contributed by atoms with E-state index in [4.69, 9.17) is 26.8 Å². The molecule has 0 spiro atoms. The Morgan fingerprint density at radius 2 is 1.79 bits per heavy atom. The van der Waals surface area contributed by atoms with E-state index in [1.807, 2.05) is 30.3 Å². The summed E-state index contributed by atoms with van der Waals surface area (Å²) in [5, 5.41) is 0.675. The number of ether oxygens (including phenoxy) is 2. The first kappa shape index (κ1) is 12.5. The van der Waals surface area contributed by atoms with Gasteiger partial charge in [0.15, 0.2) is 11.5 Å². The molecular weight excluding hydrogens is 282 g/mol. The molecule has 0 aliphatic carbocycles. The molecule has 0 atom stereocenters. The van der Waals surface area contributed by atoms with Crippen molar-refractivity contribution in [2.75, 3.05) is 18.9 Å². The maximum absolute atomic E-state index is 5.98. The van der Waals surface area contributed by atoms with Gasteiger partial charge in [-0.25, -0.2) is 0 Å². The lowest BCUT2D eigenvalue weighted by atomic mass is 10.3. The van der Waals surface area contributed by atoms with Crippen molar-refractivity contribution in [3.8, 4) is 11.5 Å². The number of halogens is 1. The van der Waals surface area contributed by atoms with E-state index in [2.05, 4.69) is 0 Å². The number of anilines is 1. The number of hydrogen-bond acceptors (Lipinski definition) is 4. The van der Waals surface area contributed by atoms with Gasteiger partial charge in [-0.1, -0.05) is 23.4 Å². The molecule has 1 heterocycles. The zero-order valence-corrected chi connectivity index (χ0v) is 11.6. The molecular formula is C14H12ClNO2S. The first-order chi connectivity index (χ1) is 9.22. The molecule has 0 aromatic heterocycles. The molecule has 3 nitrogen and oxygen atoms in total. The standard InChI is InChI=1S/C14H12ClNO2S/c15-9-1-3-11(16)14(7-9)19-10-2-4-12-13(8-10)18-6-5-17-12/h1-4,7-8H,5-6,16H2. The molecule has 0 saturated heterocycles. The van der Waals surface area contributed by atoms with Gasteiger partial charge in [0, 0.05) is 20.5 Å². The molecule has 0 unspecified atom stereocenters. The van der Waals surface area contributed by atoms with Crippen LogP contribution >= 0.6 is 23.4 Å². The van der Waals surface area contributed by atoms with E-state index in [0.717, 1.165) is 21.3 Å². The smallest absolute Gasteiger partial charge is 0.162 e. The van der Waals surface area contributed by atoms with Crippen molar-refractivity contribution in [1.29, 1.82) is 0 Å². The summed E-state index contributed by atoms with van der Waals surface area (Å²) in [6.45, 7) is 1.18. The number of fused-ring (bicyclic) bond motifs is 1. The molecule has 19 heavy (non-hydrogen) atoms. The quantitative estimate of drug-likeness (QED) is 0.854. The molecule has 0 bridgehead atoms. The third-order valence-electron chi connectivity index (χ3n) is 2.72. The van der Waals surface area contributed by atoms with E-state index in [1.54, 1.807) is 17.8 Å². The molecule has 98 valence electrons. The third kappa shape index (κ3) is 2.74. The Bertz CT molecular complexity index is 618. The van der Waals surface area contributed by atoms with Crippen LogP contribution in [0.3, 0.4) is 0 Å². The second kappa shape index (κ2) is 5.23. The third-order valence-corrected chi connectivity index (χ3v) is 4.02. The van der Waals surface area contributed by atoms with Gasteiger partial charge in [0.05, 0.1) is 0 Å². The Hall–Kier alpha value is -1.52. The van der Waals surface area contributed by atoms with Gasteiger partial charge in [-0.2, -0.15) is 0 Å². The summed E-state index contributed by atoms with van der Waals surface area (Å²) in [6.07, 6.45) is 0. The van der Waals surface area contributed by atoms with Gasteiger partial charge in [0.2, 0.25) is 0 Å². The summed E-state index contributed by atoms with van der Waals surface area (Å²) in [4.78, 5) is 1.97. The topological polar surface area (TPSA) is 44.5 Å². The zero-order chi connectivity index (χ0) is 13.2. The average Bonchev–Trinajstić information content (AvgIpc) is 2.43. The van der Waals surface area contributed by atoms with Crippen LogP contribution in [0, 0.1) is 0 Å². The highest BCUT2D eigenvalue weighted by molar-refractivity contribution is 7.99. The van der Waals surface area contributed by atoms with Crippen molar-refractivity contribution in [3.63, 3.8) is 0 Å².